The van der Waals surface area contributed by atoms with E-state index in [1.54, 1.807) is 7.11 Å². The minimum atomic E-state index is 0.874. The van der Waals surface area contributed by atoms with E-state index in [1.165, 1.54) is 38.2 Å². The number of aromatic nitrogens is 2. The van der Waals surface area contributed by atoms with Gasteiger partial charge >= 0.3 is 0 Å². The van der Waals surface area contributed by atoms with Crippen molar-refractivity contribution in [1.29, 1.82) is 0 Å². The molecule has 4 rings (SSSR count). The maximum atomic E-state index is 5.46. The Kier molecular flexibility index (Phi) is 4.85. The van der Waals surface area contributed by atoms with Crippen LogP contribution in [0.15, 0.2) is 30.5 Å². The first-order valence-corrected chi connectivity index (χ1v) is 9.77. The van der Waals surface area contributed by atoms with Crippen molar-refractivity contribution in [2.75, 3.05) is 39.6 Å². The zero-order valence-corrected chi connectivity index (χ0v) is 17.3. The van der Waals surface area contributed by atoms with Gasteiger partial charge in [0, 0.05) is 34.4 Å². The Bertz CT molecular complexity index is 1160. The number of nitrogens with zero attached hydrogens (tertiary/aromatic N) is 2. The summed E-state index contributed by atoms with van der Waals surface area (Å²) in [6.45, 7) is 6.35. The van der Waals surface area contributed by atoms with E-state index in [1.807, 2.05) is 12.3 Å². The van der Waals surface area contributed by atoms with E-state index in [0.29, 0.717) is 0 Å². The lowest BCUT2D eigenvalue weighted by molar-refractivity contribution is 0.405. The van der Waals surface area contributed by atoms with Gasteiger partial charge in [0.25, 0.3) is 0 Å². The summed E-state index contributed by atoms with van der Waals surface area (Å²) in [6.07, 6.45) is 2.98. The molecule has 0 spiro atoms. The number of pyridine rings is 1. The Hall–Kier alpha value is -2.79. The van der Waals surface area contributed by atoms with Gasteiger partial charge in [-0.15, -0.1) is 0 Å². The van der Waals surface area contributed by atoms with E-state index in [9.17, 15) is 0 Å². The van der Waals surface area contributed by atoms with Crippen LogP contribution in [0.5, 0.6) is 5.75 Å². The molecule has 2 aromatic carbocycles. The monoisotopic (exact) mass is 376 g/mol. The van der Waals surface area contributed by atoms with Gasteiger partial charge in [-0.3, -0.25) is 0 Å². The van der Waals surface area contributed by atoms with Crippen molar-refractivity contribution in [2.24, 2.45) is 0 Å². The van der Waals surface area contributed by atoms with Crippen molar-refractivity contribution >= 4 is 38.4 Å². The fourth-order valence-corrected chi connectivity index (χ4v) is 4.12. The first kappa shape index (κ1) is 18.6. The largest absolute Gasteiger partial charge is 0.497 e. The third-order valence-electron chi connectivity index (χ3n) is 5.56. The van der Waals surface area contributed by atoms with E-state index in [4.69, 9.17) is 4.74 Å². The van der Waals surface area contributed by atoms with E-state index >= 15 is 0 Å². The summed E-state index contributed by atoms with van der Waals surface area (Å²) in [5.74, 6) is 1.84. The Balaban J connectivity index is 1.91. The quantitative estimate of drug-likeness (QED) is 0.472. The number of rotatable bonds is 6. The predicted molar refractivity (Wildman–Crippen MR) is 119 cm³/mol. The van der Waals surface area contributed by atoms with E-state index in [0.717, 1.165) is 36.6 Å². The number of nitrogens with one attached hydrogen (secondary N) is 2. The van der Waals surface area contributed by atoms with Crippen molar-refractivity contribution in [2.45, 2.75) is 20.3 Å². The van der Waals surface area contributed by atoms with Crippen molar-refractivity contribution in [3.05, 3.63) is 41.6 Å². The Morgan fingerprint density at radius 1 is 1.07 bits per heavy atom. The second-order valence-corrected chi connectivity index (χ2v) is 7.70. The van der Waals surface area contributed by atoms with Crippen molar-refractivity contribution < 1.29 is 4.74 Å². The average Bonchev–Trinajstić information content (AvgIpc) is 3.08. The van der Waals surface area contributed by atoms with Crippen LogP contribution in [-0.4, -0.2) is 49.2 Å². The van der Waals surface area contributed by atoms with Gasteiger partial charge in [0.15, 0.2) is 0 Å². The van der Waals surface area contributed by atoms with Gasteiger partial charge in [0.05, 0.1) is 12.6 Å². The number of ether oxygens (including phenoxy) is 1. The molecule has 0 atom stereocenters. The average molecular weight is 377 g/mol. The van der Waals surface area contributed by atoms with E-state index in [2.05, 4.69) is 66.3 Å². The van der Waals surface area contributed by atoms with Crippen LogP contribution in [0.4, 0.5) is 5.82 Å². The van der Waals surface area contributed by atoms with E-state index in [-0.39, 0.29) is 0 Å². The second kappa shape index (κ2) is 7.32. The molecule has 0 fully saturated rings. The Morgan fingerprint density at radius 2 is 1.89 bits per heavy atom. The molecule has 2 N–H and O–H groups in total. The number of H-pyrrole nitrogens is 1. The molecule has 0 bridgehead atoms. The molecule has 0 aliphatic rings. The number of aryl methyl sites for hydroxylation is 2. The van der Waals surface area contributed by atoms with Crippen LogP contribution in [0.2, 0.25) is 0 Å². The first-order valence-electron chi connectivity index (χ1n) is 9.77. The van der Waals surface area contributed by atoms with Gasteiger partial charge in [-0.2, -0.15) is 0 Å². The Morgan fingerprint density at radius 3 is 2.64 bits per heavy atom. The van der Waals surface area contributed by atoms with Crippen molar-refractivity contribution in [3.63, 3.8) is 0 Å². The molecule has 5 heteroatoms. The lowest BCUT2D eigenvalue weighted by Gasteiger charge is -2.15. The van der Waals surface area contributed by atoms with Gasteiger partial charge < -0.3 is 19.9 Å². The van der Waals surface area contributed by atoms with Crippen LogP contribution < -0.4 is 10.1 Å². The number of anilines is 1. The summed E-state index contributed by atoms with van der Waals surface area (Å²) in [4.78, 5) is 10.5. The molecule has 28 heavy (non-hydrogen) atoms. The topological polar surface area (TPSA) is 53.2 Å². The molecule has 0 saturated carbocycles. The van der Waals surface area contributed by atoms with Gasteiger partial charge in [-0.05, 0) is 81.7 Å². The van der Waals surface area contributed by atoms with Crippen LogP contribution in [0.3, 0.4) is 0 Å². The molecule has 0 aliphatic carbocycles. The zero-order valence-electron chi connectivity index (χ0n) is 17.3. The van der Waals surface area contributed by atoms with Crippen LogP contribution in [0.25, 0.3) is 32.6 Å². The number of hydrogen-bond donors (Lipinski definition) is 2. The number of hydrogen-bond acceptors (Lipinski definition) is 4. The Labute approximate surface area is 165 Å². The fourth-order valence-electron chi connectivity index (χ4n) is 4.12. The number of fused-ring (bicyclic) bond motifs is 4. The normalized spacial score (nSPS) is 11.8. The van der Waals surface area contributed by atoms with Crippen LogP contribution in [-0.2, 0) is 0 Å². The van der Waals surface area contributed by atoms with Crippen molar-refractivity contribution in [3.8, 4) is 5.75 Å². The van der Waals surface area contributed by atoms with E-state index < -0.39 is 0 Å². The van der Waals surface area contributed by atoms with Gasteiger partial charge in [0.2, 0.25) is 0 Å². The van der Waals surface area contributed by atoms with Crippen LogP contribution >= 0.6 is 0 Å². The highest BCUT2D eigenvalue weighted by atomic mass is 16.5. The number of aromatic amines is 1. The summed E-state index contributed by atoms with van der Waals surface area (Å²) < 4.78 is 5.46. The summed E-state index contributed by atoms with van der Waals surface area (Å²) in [5.41, 5.74) is 4.83. The lowest BCUT2D eigenvalue weighted by atomic mass is 9.96. The smallest absolute Gasteiger partial charge is 0.134 e. The number of methoxy groups -OCH3 is 1. The molecule has 0 aliphatic heterocycles. The molecule has 4 aromatic rings. The third-order valence-corrected chi connectivity index (χ3v) is 5.56. The standard InChI is InChI=1S/C23H28N4O/c1-14-17-9-11-25-23(24-10-6-12-27(3)4)21(17)15(2)20-18-13-16(28-5)7-8-19(18)26-22(14)20/h7-9,11,13,26H,6,10,12H2,1-5H3,(H,24,25). The van der Waals surface area contributed by atoms with Crippen LogP contribution in [0.1, 0.15) is 17.5 Å². The van der Waals surface area contributed by atoms with Gasteiger partial charge in [0.1, 0.15) is 11.6 Å². The summed E-state index contributed by atoms with van der Waals surface area (Å²) >= 11 is 0. The summed E-state index contributed by atoms with van der Waals surface area (Å²) in [5, 5.41) is 8.47. The molecule has 0 saturated heterocycles. The highest BCUT2D eigenvalue weighted by molar-refractivity contribution is 6.18. The lowest BCUT2D eigenvalue weighted by Crippen LogP contribution is -2.16. The maximum Gasteiger partial charge on any atom is 0.134 e. The number of benzene rings is 2. The third kappa shape index (κ3) is 3.06. The molecule has 2 aromatic heterocycles. The molecule has 5 nitrogen and oxygen atoms in total. The fraction of sp³-hybridized carbons (Fsp3) is 0.348. The zero-order chi connectivity index (χ0) is 19.8. The minimum Gasteiger partial charge on any atom is -0.497 e. The molecule has 0 unspecified atom stereocenters. The summed E-state index contributed by atoms with van der Waals surface area (Å²) in [7, 11) is 5.92. The summed E-state index contributed by atoms with van der Waals surface area (Å²) in [6, 6.07) is 8.33. The first-order chi connectivity index (χ1) is 13.5. The molecule has 0 amide bonds. The maximum absolute atomic E-state index is 5.46. The van der Waals surface area contributed by atoms with Crippen molar-refractivity contribution in [1.82, 2.24) is 14.9 Å². The molecular formula is C23H28N4O. The molecular weight excluding hydrogens is 348 g/mol. The highest BCUT2D eigenvalue weighted by Gasteiger charge is 2.17. The molecule has 2 heterocycles. The highest BCUT2D eigenvalue weighted by Crippen LogP contribution is 2.39. The SMILES string of the molecule is COc1ccc2[nH]c3c(C)c4ccnc(NCCCN(C)C)c4c(C)c3c2c1. The molecule has 146 valence electrons. The second-order valence-electron chi connectivity index (χ2n) is 7.70. The van der Waals surface area contributed by atoms with Gasteiger partial charge in [-0.1, -0.05) is 0 Å². The van der Waals surface area contributed by atoms with Gasteiger partial charge in [-0.25, -0.2) is 4.98 Å². The predicted octanol–water partition coefficient (Wildman–Crippen LogP) is 4.86. The minimum absolute atomic E-state index is 0.874. The molecule has 0 radical (unpaired) electrons. The van der Waals surface area contributed by atoms with Crippen LogP contribution in [0, 0.1) is 13.8 Å².